The number of rotatable bonds is 7. The first-order chi connectivity index (χ1) is 12.2. The number of nitrogens with one attached hydrogen (secondary N) is 1. The molecule has 0 bridgehead atoms. The monoisotopic (exact) mass is 341 g/mol. The number of carbonyl (C=O) groups is 1. The minimum atomic E-state index is -0.654. The van der Waals surface area contributed by atoms with Crippen LogP contribution in [0.2, 0.25) is 0 Å². The normalized spacial score (nSPS) is 11.9. The SMILES string of the molecule is CCOc1cn(-c2ccccc2)nc1C(=O)NC(CO)c1ccco1. The Bertz CT molecular complexity index is 812. The second-order valence-corrected chi connectivity index (χ2v) is 5.28. The molecule has 1 atom stereocenters. The zero-order chi connectivity index (χ0) is 17.6. The molecule has 130 valence electrons. The molecule has 3 rings (SSSR count). The van der Waals surface area contributed by atoms with Crippen molar-refractivity contribution >= 4 is 5.91 Å². The van der Waals surface area contributed by atoms with Crippen LogP contribution < -0.4 is 10.1 Å². The third kappa shape index (κ3) is 3.72. The van der Waals surface area contributed by atoms with E-state index in [0.717, 1.165) is 5.69 Å². The molecule has 7 nitrogen and oxygen atoms in total. The molecule has 0 aliphatic carbocycles. The number of benzene rings is 1. The summed E-state index contributed by atoms with van der Waals surface area (Å²) in [5.41, 5.74) is 0.961. The van der Waals surface area contributed by atoms with Crippen LogP contribution in [-0.4, -0.2) is 34.0 Å². The minimum Gasteiger partial charge on any atom is -0.490 e. The second-order valence-electron chi connectivity index (χ2n) is 5.28. The first-order valence-electron chi connectivity index (χ1n) is 7.96. The van der Waals surface area contributed by atoms with Crippen molar-refractivity contribution in [1.29, 1.82) is 0 Å². The highest BCUT2D eigenvalue weighted by Gasteiger charge is 2.23. The fraction of sp³-hybridized carbons (Fsp3) is 0.222. The number of amides is 1. The van der Waals surface area contributed by atoms with E-state index in [9.17, 15) is 9.90 Å². The Labute approximate surface area is 144 Å². The van der Waals surface area contributed by atoms with Gasteiger partial charge >= 0.3 is 0 Å². The van der Waals surface area contributed by atoms with E-state index in [0.29, 0.717) is 18.1 Å². The number of hydrogen-bond donors (Lipinski definition) is 2. The molecule has 0 aliphatic rings. The van der Waals surface area contributed by atoms with Crippen LogP contribution in [0.25, 0.3) is 5.69 Å². The maximum absolute atomic E-state index is 12.6. The van der Waals surface area contributed by atoms with Gasteiger partial charge < -0.3 is 19.6 Å². The first-order valence-corrected chi connectivity index (χ1v) is 7.96. The zero-order valence-corrected chi connectivity index (χ0v) is 13.8. The van der Waals surface area contributed by atoms with E-state index in [2.05, 4.69) is 10.4 Å². The van der Waals surface area contributed by atoms with Crippen molar-refractivity contribution in [3.05, 3.63) is 66.4 Å². The van der Waals surface area contributed by atoms with Gasteiger partial charge in [-0.25, -0.2) is 4.68 Å². The molecule has 0 radical (unpaired) electrons. The van der Waals surface area contributed by atoms with Gasteiger partial charge in [0.25, 0.3) is 5.91 Å². The van der Waals surface area contributed by atoms with E-state index < -0.39 is 11.9 Å². The Morgan fingerprint density at radius 2 is 2.12 bits per heavy atom. The van der Waals surface area contributed by atoms with Crippen molar-refractivity contribution in [2.24, 2.45) is 0 Å². The van der Waals surface area contributed by atoms with Crippen LogP contribution in [0.1, 0.15) is 29.2 Å². The lowest BCUT2D eigenvalue weighted by molar-refractivity contribution is 0.0898. The lowest BCUT2D eigenvalue weighted by atomic mass is 10.2. The molecule has 2 aromatic heterocycles. The molecule has 0 saturated heterocycles. The van der Waals surface area contributed by atoms with Gasteiger partial charge in [-0.15, -0.1) is 0 Å². The Morgan fingerprint density at radius 3 is 2.76 bits per heavy atom. The molecule has 0 saturated carbocycles. The van der Waals surface area contributed by atoms with Crippen molar-refractivity contribution < 1.29 is 19.1 Å². The number of hydrogen-bond acceptors (Lipinski definition) is 5. The molecule has 25 heavy (non-hydrogen) atoms. The molecule has 1 amide bonds. The summed E-state index contributed by atoms with van der Waals surface area (Å²) >= 11 is 0. The Kier molecular flexibility index (Phi) is 5.15. The predicted octanol–water partition coefficient (Wildman–Crippen LogP) is 2.33. The lowest BCUT2D eigenvalue weighted by Crippen LogP contribution is -2.31. The van der Waals surface area contributed by atoms with Crippen molar-refractivity contribution in [2.45, 2.75) is 13.0 Å². The molecule has 0 spiro atoms. The smallest absolute Gasteiger partial charge is 0.276 e. The molecule has 0 fully saturated rings. The number of aliphatic hydroxyl groups is 1. The van der Waals surface area contributed by atoms with E-state index in [-0.39, 0.29) is 12.3 Å². The number of para-hydroxylation sites is 1. The molecule has 7 heteroatoms. The lowest BCUT2D eigenvalue weighted by Gasteiger charge is -2.13. The fourth-order valence-electron chi connectivity index (χ4n) is 2.41. The van der Waals surface area contributed by atoms with Crippen LogP contribution in [0.3, 0.4) is 0 Å². The Morgan fingerprint density at radius 1 is 1.32 bits per heavy atom. The van der Waals surface area contributed by atoms with Crippen LogP contribution in [0.4, 0.5) is 0 Å². The van der Waals surface area contributed by atoms with Crippen LogP contribution in [0.5, 0.6) is 5.75 Å². The van der Waals surface area contributed by atoms with E-state index in [1.54, 1.807) is 23.0 Å². The number of aliphatic hydroxyl groups excluding tert-OH is 1. The quantitative estimate of drug-likeness (QED) is 0.688. The summed E-state index contributed by atoms with van der Waals surface area (Å²) in [5, 5.41) is 16.6. The molecule has 2 heterocycles. The highest BCUT2D eigenvalue weighted by molar-refractivity contribution is 5.95. The van der Waals surface area contributed by atoms with Crippen molar-refractivity contribution in [3.63, 3.8) is 0 Å². The van der Waals surface area contributed by atoms with Gasteiger partial charge in [-0.1, -0.05) is 18.2 Å². The van der Waals surface area contributed by atoms with E-state index >= 15 is 0 Å². The molecule has 0 aliphatic heterocycles. The molecular formula is C18H19N3O4. The van der Waals surface area contributed by atoms with Crippen molar-refractivity contribution in [3.8, 4) is 11.4 Å². The van der Waals surface area contributed by atoms with Gasteiger partial charge in [0.15, 0.2) is 11.4 Å². The van der Waals surface area contributed by atoms with E-state index in [1.165, 1.54) is 6.26 Å². The molecule has 2 N–H and O–H groups in total. The number of aromatic nitrogens is 2. The van der Waals surface area contributed by atoms with Gasteiger partial charge in [0.2, 0.25) is 0 Å². The summed E-state index contributed by atoms with van der Waals surface area (Å²) < 4.78 is 12.4. The third-order valence-corrected chi connectivity index (χ3v) is 3.59. The van der Waals surface area contributed by atoms with Crippen molar-refractivity contribution in [2.75, 3.05) is 13.2 Å². The molecule has 1 aromatic carbocycles. The van der Waals surface area contributed by atoms with Gasteiger partial charge in [0, 0.05) is 0 Å². The van der Waals surface area contributed by atoms with Gasteiger partial charge in [0.1, 0.15) is 11.8 Å². The molecular weight excluding hydrogens is 322 g/mol. The molecule has 3 aromatic rings. The number of nitrogens with zero attached hydrogens (tertiary/aromatic N) is 2. The minimum absolute atomic E-state index is 0.149. The maximum atomic E-state index is 12.6. The fourth-order valence-corrected chi connectivity index (χ4v) is 2.41. The number of furan rings is 1. The third-order valence-electron chi connectivity index (χ3n) is 3.59. The number of carbonyl (C=O) groups excluding carboxylic acids is 1. The summed E-state index contributed by atoms with van der Waals surface area (Å²) in [5.74, 6) is 0.393. The summed E-state index contributed by atoms with van der Waals surface area (Å²) in [6.07, 6.45) is 3.15. The standard InChI is InChI=1S/C18H19N3O4/c1-2-24-16-11-21(13-7-4-3-5-8-13)20-17(16)18(23)19-14(12-22)15-9-6-10-25-15/h3-11,14,22H,2,12H2,1H3,(H,19,23). The Hall–Kier alpha value is -3.06. The average molecular weight is 341 g/mol. The van der Waals surface area contributed by atoms with Gasteiger partial charge in [-0.05, 0) is 31.2 Å². The largest absolute Gasteiger partial charge is 0.490 e. The summed E-state index contributed by atoms with van der Waals surface area (Å²) in [6.45, 7) is 1.95. The van der Waals surface area contributed by atoms with Crippen LogP contribution in [-0.2, 0) is 0 Å². The average Bonchev–Trinajstić information content (AvgIpc) is 3.31. The Balaban J connectivity index is 1.87. The zero-order valence-electron chi connectivity index (χ0n) is 13.8. The summed E-state index contributed by atoms with van der Waals surface area (Å²) in [4.78, 5) is 12.6. The predicted molar refractivity (Wildman–Crippen MR) is 90.7 cm³/mol. The van der Waals surface area contributed by atoms with Crippen LogP contribution in [0.15, 0.2) is 59.3 Å². The topological polar surface area (TPSA) is 89.5 Å². The first kappa shape index (κ1) is 16.8. The number of ether oxygens (including phenoxy) is 1. The summed E-state index contributed by atoms with van der Waals surface area (Å²) in [7, 11) is 0. The molecule has 1 unspecified atom stereocenters. The highest BCUT2D eigenvalue weighted by Crippen LogP contribution is 2.21. The maximum Gasteiger partial charge on any atom is 0.276 e. The highest BCUT2D eigenvalue weighted by atomic mass is 16.5. The van der Waals surface area contributed by atoms with Crippen LogP contribution >= 0.6 is 0 Å². The van der Waals surface area contributed by atoms with Gasteiger partial charge in [0.05, 0.1) is 31.4 Å². The van der Waals surface area contributed by atoms with Gasteiger partial charge in [-0.2, -0.15) is 5.10 Å². The van der Waals surface area contributed by atoms with Crippen molar-refractivity contribution in [1.82, 2.24) is 15.1 Å². The van der Waals surface area contributed by atoms with E-state index in [4.69, 9.17) is 9.15 Å². The van der Waals surface area contributed by atoms with E-state index in [1.807, 2.05) is 37.3 Å². The second kappa shape index (κ2) is 7.67. The van der Waals surface area contributed by atoms with Gasteiger partial charge in [-0.3, -0.25) is 4.79 Å². The summed E-state index contributed by atoms with van der Waals surface area (Å²) in [6, 6.07) is 12.2. The van der Waals surface area contributed by atoms with Crippen LogP contribution in [0, 0.1) is 0 Å².